The number of anilines is 1. The quantitative estimate of drug-likeness (QED) is 0.136. The summed E-state index contributed by atoms with van der Waals surface area (Å²) in [6.07, 6.45) is 17.4. The highest BCUT2D eigenvalue weighted by Crippen LogP contribution is 2.29. The predicted molar refractivity (Wildman–Crippen MR) is 295 cm³/mol. The van der Waals surface area contributed by atoms with Crippen molar-refractivity contribution in [2.24, 2.45) is 0 Å². The van der Waals surface area contributed by atoms with Gasteiger partial charge in [0.25, 0.3) is 37.1 Å². The normalized spacial score (nSPS) is 14.4. The molecular formula is C54H52ClIN16O6. The van der Waals surface area contributed by atoms with Gasteiger partial charge in [-0.1, -0.05) is 13.8 Å². The Morgan fingerprint density at radius 3 is 1.21 bits per heavy atom. The molecule has 15 rings (SSSR count). The summed E-state index contributed by atoms with van der Waals surface area (Å²) in [7, 11) is 0. The molecule has 0 fully saturated rings. The molecule has 78 heavy (non-hydrogen) atoms. The molecule has 5 aliphatic rings. The fourth-order valence-electron chi connectivity index (χ4n) is 11.1. The second kappa shape index (κ2) is 21.8. The van der Waals surface area contributed by atoms with Crippen molar-refractivity contribution in [1.82, 2.24) is 45.4 Å². The van der Waals surface area contributed by atoms with Crippen LogP contribution in [0.15, 0.2) is 60.7 Å². The van der Waals surface area contributed by atoms with E-state index in [9.17, 15) is 31.2 Å². The van der Waals surface area contributed by atoms with Gasteiger partial charge in [0, 0.05) is 74.6 Å². The Hall–Kier alpha value is -7.93. The molecule has 398 valence electrons. The summed E-state index contributed by atoms with van der Waals surface area (Å²) in [6.45, 7) is 3.77. The van der Waals surface area contributed by atoms with Crippen molar-refractivity contribution in [3.63, 3.8) is 0 Å². The molecule has 5 heterocycles. The summed E-state index contributed by atoms with van der Waals surface area (Å²) in [5.41, 5.74) is 23.8. The molecule has 0 saturated heterocycles. The fraction of sp³-hybridized carbons (Fsp3) is 0.352. The molecule has 0 bridgehead atoms. The molecule has 24 heteroatoms. The van der Waals surface area contributed by atoms with Gasteiger partial charge >= 0.3 is 11.3 Å². The first-order chi connectivity index (χ1) is 37.7. The van der Waals surface area contributed by atoms with E-state index in [1.54, 1.807) is 0 Å². The van der Waals surface area contributed by atoms with Crippen LogP contribution in [-0.2, 0) is 77.0 Å². The number of nitrogen functional groups attached to an aromatic ring is 1. The van der Waals surface area contributed by atoms with Crippen molar-refractivity contribution >= 4 is 95.3 Å². The van der Waals surface area contributed by atoms with Gasteiger partial charge in [0.05, 0.1) is 16.4 Å². The number of halogens is 2. The molecule has 5 aliphatic carbocycles. The van der Waals surface area contributed by atoms with Crippen LogP contribution in [0.1, 0.15) is 113 Å². The van der Waals surface area contributed by atoms with E-state index in [1.165, 1.54) is 68.5 Å². The van der Waals surface area contributed by atoms with Gasteiger partial charge in [0.2, 0.25) is 10.6 Å². The Morgan fingerprint density at radius 2 is 0.756 bits per heavy atom. The molecule has 0 saturated carbocycles. The highest BCUT2D eigenvalue weighted by Gasteiger charge is 2.25. The molecule has 0 radical (unpaired) electrons. The second-order valence-electron chi connectivity index (χ2n) is 19.9. The van der Waals surface area contributed by atoms with Crippen LogP contribution in [0.4, 0.5) is 5.95 Å². The van der Waals surface area contributed by atoms with Crippen LogP contribution >= 0.6 is 34.2 Å². The first-order valence-corrected chi connectivity index (χ1v) is 27.6. The number of hydrogen-bond acceptors (Lipinski definition) is 16. The number of nitrogens with two attached hydrogens (primary N) is 1. The van der Waals surface area contributed by atoms with E-state index >= 15 is 0 Å². The molecule has 0 atom stereocenters. The third kappa shape index (κ3) is 10.6. The van der Waals surface area contributed by atoms with Crippen molar-refractivity contribution in [3.05, 3.63) is 168 Å². The molecule has 0 spiro atoms. The summed E-state index contributed by atoms with van der Waals surface area (Å²) in [5.74, 6) is 0.904. The zero-order valence-electron chi connectivity index (χ0n) is 42.8. The van der Waals surface area contributed by atoms with Crippen LogP contribution in [0.2, 0.25) is 5.28 Å². The number of benzene rings is 5. The van der Waals surface area contributed by atoms with Crippen molar-refractivity contribution < 1.29 is 29.0 Å². The van der Waals surface area contributed by atoms with Gasteiger partial charge in [0.15, 0.2) is 5.82 Å². The molecule has 10 aromatic rings. The third-order valence-electron chi connectivity index (χ3n) is 14.9. The number of hydrogen-bond donors (Lipinski definition) is 1. The maximum Gasteiger partial charge on any atom is 0.376 e. The Morgan fingerprint density at radius 1 is 0.410 bits per heavy atom. The molecule has 5 aromatic carbocycles. The lowest BCUT2D eigenvalue weighted by atomic mass is 10.1. The van der Waals surface area contributed by atoms with Crippen LogP contribution in [0, 0.1) is 35.1 Å². The number of aryl methyl sites for hydroxylation is 12. The first-order valence-electron chi connectivity index (χ1n) is 26.2. The number of aromatic nitrogens is 15. The average Bonchev–Trinajstić information content (AvgIpc) is 4.37. The van der Waals surface area contributed by atoms with Gasteiger partial charge in [-0.25, -0.2) is 24.7 Å². The van der Waals surface area contributed by atoms with Gasteiger partial charge in [0.1, 0.15) is 22.1 Å². The van der Waals surface area contributed by atoms with E-state index in [0.29, 0.717) is 90.9 Å². The minimum atomic E-state index is -0.00422. The zero-order valence-corrected chi connectivity index (χ0v) is 45.7. The van der Waals surface area contributed by atoms with Crippen LogP contribution in [0.3, 0.4) is 0 Å². The Labute approximate surface area is 464 Å². The van der Waals surface area contributed by atoms with Crippen LogP contribution in [0.5, 0.6) is 0 Å². The molecule has 0 amide bonds. The summed E-state index contributed by atoms with van der Waals surface area (Å²) < 4.78 is 1.27. The monoisotopic (exact) mass is 1180 g/mol. The van der Waals surface area contributed by atoms with Crippen molar-refractivity contribution in [2.75, 3.05) is 5.73 Å². The van der Waals surface area contributed by atoms with E-state index in [2.05, 4.69) is 45.4 Å². The minimum Gasteiger partial charge on any atom is -0.710 e. The highest BCUT2D eigenvalue weighted by atomic mass is 127. The zero-order chi connectivity index (χ0) is 54.4. The second-order valence-corrected chi connectivity index (χ2v) is 21.2. The maximum absolute atomic E-state index is 12.0. The van der Waals surface area contributed by atoms with Crippen molar-refractivity contribution in [3.8, 4) is 0 Å². The SMILES string of the molecule is CCc1n[n+]([O-])c2cc3c(cc2[n+]1[O-])CCC3.CCc1nc2cc3c(cc2[n+]([O-])n1)CCC3.Nc1nc2cc3c(cc2[n+]([O-])n1)CCC3.[O-][n+]1nc(Cl)nc2cc3c(cc21)CCC3.[O-][n+]1nc(I)nc2cc3c(cc21)CCC3. The Bertz CT molecular complexity index is 3800. The predicted octanol–water partition coefficient (Wildman–Crippen LogP) is 4.96. The van der Waals surface area contributed by atoms with Gasteiger partial charge < -0.3 is 37.0 Å². The lowest BCUT2D eigenvalue weighted by Crippen LogP contribution is -2.45. The molecule has 5 aromatic heterocycles. The standard InChI is InChI=1S/C12H13N3O2.C12H13N3O.C10H8ClN3O.C10H8IN3O.C10H10N4O/c1-2-12-13-15(17)11-7-9-5-3-4-8(9)6-10(11)14(12)16;1-2-12-13-10-6-8-4-3-5-9(8)7-11(10)15(16)14-12;3*11-10-12-8-4-6-2-1-3-7(6)5-9(8)14(15)13-10/h6-7H,2-5H2,1H3;6-7H,2-5H2,1H3;2*4-5H,1-3H2;4-5H,1-3H2,(H2,11,12,13). The summed E-state index contributed by atoms with van der Waals surface area (Å²) in [4.78, 5) is 19.8. The lowest BCUT2D eigenvalue weighted by Gasteiger charge is -2.08. The average molecular weight is 1180 g/mol. The fourth-order valence-corrected chi connectivity index (χ4v) is 11.7. The largest absolute Gasteiger partial charge is 0.710 e. The summed E-state index contributed by atoms with van der Waals surface area (Å²) in [5, 5.41) is 88.5. The summed E-state index contributed by atoms with van der Waals surface area (Å²) >= 11 is 7.59. The van der Waals surface area contributed by atoms with E-state index in [0.717, 1.165) is 99.2 Å². The summed E-state index contributed by atoms with van der Waals surface area (Å²) in [6, 6.07) is 19.3. The van der Waals surface area contributed by atoms with Gasteiger partial charge in [-0.05, 0) is 213 Å². The lowest BCUT2D eigenvalue weighted by molar-refractivity contribution is -0.685. The molecule has 2 N–H and O–H groups in total. The van der Waals surface area contributed by atoms with E-state index < -0.39 is 0 Å². The van der Waals surface area contributed by atoms with Gasteiger partial charge in [-0.15, -0.1) is 0 Å². The molecular weight excluding hydrogens is 1130 g/mol. The smallest absolute Gasteiger partial charge is 0.376 e. The van der Waals surface area contributed by atoms with Gasteiger partial charge in [-0.2, -0.15) is 0 Å². The minimum absolute atomic E-state index is 0.00422. The van der Waals surface area contributed by atoms with Crippen LogP contribution in [-0.4, -0.2) is 45.4 Å². The number of nitrogens with zero attached hydrogens (tertiary/aromatic N) is 15. The molecule has 22 nitrogen and oxygen atoms in total. The number of fused-ring (bicyclic) bond motifs is 10. The van der Waals surface area contributed by atoms with E-state index in [4.69, 9.17) is 17.3 Å². The highest BCUT2D eigenvalue weighted by molar-refractivity contribution is 14.1. The maximum atomic E-state index is 12.0. The Kier molecular flexibility index (Phi) is 14.6. The Balaban J connectivity index is 0.000000103. The van der Waals surface area contributed by atoms with Crippen molar-refractivity contribution in [2.45, 2.75) is 123 Å². The topological polar surface area (TPSA) is 304 Å². The molecule has 0 unspecified atom stereocenters. The van der Waals surface area contributed by atoms with Gasteiger partial charge in [-0.3, -0.25) is 0 Å². The van der Waals surface area contributed by atoms with E-state index in [1.807, 2.05) is 97.1 Å². The first kappa shape index (κ1) is 52.1. The molecule has 0 aliphatic heterocycles. The third-order valence-corrected chi connectivity index (χ3v) is 15.5. The van der Waals surface area contributed by atoms with Crippen LogP contribution < -0.4 is 34.7 Å². The van der Waals surface area contributed by atoms with Crippen LogP contribution in [0.25, 0.3) is 55.2 Å². The number of rotatable bonds is 2. The van der Waals surface area contributed by atoms with E-state index in [-0.39, 0.29) is 17.1 Å². The van der Waals surface area contributed by atoms with Crippen molar-refractivity contribution in [1.29, 1.82) is 0 Å².